The highest BCUT2D eigenvalue weighted by Crippen LogP contribution is 2.36. The van der Waals surface area contributed by atoms with Gasteiger partial charge in [-0.25, -0.2) is 0 Å². The summed E-state index contributed by atoms with van der Waals surface area (Å²) in [5.74, 6) is -5.16. The lowest BCUT2D eigenvalue weighted by Crippen LogP contribution is -2.60. The van der Waals surface area contributed by atoms with Crippen LogP contribution >= 0.6 is 0 Å². The highest BCUT2D eigenvalue weighted by atomic mass is 16.7. The Labute approximate surface area is 298 Å². The van der Waals surface area contributed by atoms with Gasteiger partial charge in [-0.2, -0.15) is 0 Å². The molecule has 14 atom stereocenters. The first-order valence-corrected chi connectivity index (χ1v) is 18.2. The molecule has 0 bridgehead atoms. The van der Waals surface area contributed by atoms with Crippen molar-refractivity contribution in [1.29, 1.82) is 0 Å². The average Bonchev–Trinajstić information content (AvgIpc) is 3.03. The second kappa shape index (κ2) is 18.8. The van der Waals surface area contributed by atoms with Crippen LogP contribution in [-0.4, -0.2) is 143 Å². The zero-order valence-corrected chi connectivity index (χ0v) is 32.3. The molecule has 2 heterocycles. The maximum absolute atomic E-state index is 14.2. The summed E-state index contributed by atoms with van der Waals surface area (Å²) in [5, 5.41) is 51.0. The van der Waals surface area contributed by atoms with E-state index in [4.69, 9.17) is 18.9 Å². The normalized spacial score (nSPS) is 40.6. The van der Waals surface area contributed by atoms with Crippen LogP contribution in [0.2, 0.25) is 0 Å². The summed E-state index contributed by atoms with van der Waals surface area (Å²) in [6.07, 6.45) is -6.85. The molecule has 2 aliphatic rings. The Bertz CT molecular complexity index is 1110. The molecule has 0 radical (unpaired) electrons. The molecule has 1 unspecified atom stereocenters. The van der Waals surface area contributed by atoms with Gasteiger partial charge in [0.1, 0.15) is 23.7 Å². The molecule has 0 aromatic rings. The number of cyclic esters (lactones) is 1. The first-order valence-electron chi connectivity index (χ1n) is 18.2. The first-order chi connectivity index (χ1) is 23.1. The topological polar surface area (TPSA) is 196 Å². The quantitative estimate of drug-likeness (QED) is 0.131. The second-order valence-corrected chi connectivity index (χ2v) is 15.8. The smallest absolute Gasteiger partial charge is 0.316 e. The molecular formula is C36H67N3O11. The van der Waals surface area contributed by atoms with Crippen LogP contribution in [0.4, 0.5) is 0 Å². The number of aliphatic hydroxyl groups is 4. The molecule has 6 N–H and O–H groups in total. The van der Waals surface area contributed by atoms with Crippen molar-refractivity contribution in [2.45, 2.75) is 155 Å². The molecule has 0 aromatic heterocycles. The number of Topliss-reactive ketones (excluding diaryl/α,β-unsaturated/α-hetero) is 1. The summed E-state index contributed by atoms with van der Waals surface area (Å²) in [5.41, 5.74) is -3.43. The van der Waals surface area contributed by atoms with E-state index in [1.54, 1.807) is 27.7 Å². The first kappa shape index (κ1) is 44.4. The van der Waals surface area contributed by atoms with Gasteiger partial charge < -0.3 is 54.9 Å². The number of nitrogens with one attached hydrogen (secondary N) is 2. The summed E-state index contributed by atoms with van der Waals surface area (Å²) in [6.45, 7) is 17.6. The summed E-state index contributed by atoms with van der Waals surface area (Å²) < 4.78 is 24.9. The molecule has 14 heteroatoms. The monoisotopic (exact) mass is 717 g/mol. The third kappa shape index (κ3) is 11.4. The van der Waals surface area contributed by atoms with Crippen LogP contribution in [-0.2, 0) is 33.3 Å². The van der Waals surface area contributed by atoms with Crippen LogP contribution in [0.5, 0.6) is 0 Å². The van der Waals surface area contributed by atoms with Gasteiger partial charge in [0.05, 0.1) is 42.5 Å². The Kier molecular flexibility index (Phi) is 16.7. The van der Waals surface area contributed by atoms with E-state index >= 15 is 0 Å². The van der Waals surface area contributed by atoms with Crippen LogP contribution in [0.15, 0.2) is 0 Å². The van der Waals surface area contributed by atoms with E-state index in [-0.39, 0.29) is 38.1 Å². The van der Waals surface area contributed by atoms with Crippen molar-refractivity contribution in [2.75, 3.05) is 33.8 Å². The van der Waals surface area contributed by atoms with Gasteiger partial charge in [-0.3, -0.25) is 14.4 Å². The van der Waals surface area contributed by atoms with Crippen molar-refractivity contribution in [2.24, 2.45) is 23.7 Å². The molecule has 0 saturated carbocycles. The van der Waals surface area contributed by atoms with Gasteiger partial charge in [0, 0.05) is 24.5 Å². The van der Waals surface area contributed by atoms with Crippen LogP contribution in [0.3, 0.4) is 0 Å². The minimum Gasteiger partial charge on any atom is -0.459 e. The highest BCUT2D eigenvalue weighted by Gasteiger charge is 2.51. The predicted molar refractivity (Wildman–Crippen MR) is 187 cm³/mol. The number of amides is 1. The zero-order chi connectivity index (χ0) is 38.3. The van der Waals surface area contributed by atoms with Gasteiger partial charge in [-0.05, 0) is 80.4 Å². The van der Waals surface area contributed by atoms with E-state index in [9.17, 15) is 34.8 Å². The number of aliphatic hydroxyl groups excluding tert-OH is 3. The molecule has 2 saturated heterocycles. The van der Waals surface area contributed by atoms with Gasteiger partial charge >= 0.3 is 5.97 Å². The summed E-state index contributed by atoms with van der Waals surface area (Å²) in [6, 6.07) is -0.957. The molecule has 0 spiro atoms. The fraction of sp³-hybridized carbons (Fsp3) is 0.917. The number of rotatable bonds is 11. The minimum absolute atomic E-state index is 0.0538. The number of likely N-dealkylation sites (N-methyl/N-ethyl adjacent to an activating group) is 1. The number of hydrogen-bond acceptors (Lipinski definition) is 13. The fourth-order valence-electron chi connectivity index (χ4n) is 7.12. The summed E-state index contributed by atoms with van der Waals surface area (Å²) >= 11 is 0. The van der Waals surface area contributed by atoms with E-state index < -0.39 is 89.5 Å². The zero-order valence-electron chi connectivity index (χ0n) is 32.3. The van der Waals surface area contributed by atoms with Gasteiger partial charge in [0.15, 0.2) is 12.1 Å². The molecule has 50 heavy (non-hydrogen) atoms. The van der Waals surface area contributed by atoms with E-state index in [1.165, 1.54) is 20.8 Å². The van der Waals surface area contributed by atoms with Crippen molar-refractivity contribution in [1.82, 2.24) is 15.5 Å². The van der Waals surface area contributed by atoms with Crippen LogP contribution in [0, 0.1) is 23.7 Å². The minimum atomic E-state index is -2.02. The second-order valence-electron chi connectivity index (χ2n) is 15.8. The molecular weight excluding hydrogens is 650 g/mol. The van der Waals surface area contributed by atoms with Gasteiger partial charge in [0.25, 0.3) is 0 Å². The number of carbonyl (C=O) groups excluding carboxylic acids is 3. The number of ether oxygens (including phenoxy) is 4. The molecule has 292 valence electrons. The number of nitrogens with zero attached hydrogens (tertiary/aromatic N) is 1. The van der Waals surface area contributed by atoms with Crippen LogP contribution in [0.1, 0.15) is 88.5 Å². The molecule has 2 aliphatic heterocycles. The van der Waals surface area contributed by atoms with E-state index in [0.717, 1.165) is 0 Å². The Morgan fingerprint density at radius 1 is 1.04 bits per heavy atom. The van der Waals surface area contributed by atoms with Gasteiger partial charge in [-0.15, -0.1) is 0 Å². The maximum Gasteiger partial charge on any atom is 0.316 e. The summed E-state index contributed by atoms with van der Waals surface area (Å²) in [7, 11) is 3.69. The van der Waals surface area contributed by atoms with Crippen molar-refractivity contribution in [3.63, 3.8) is 0 Å². The molecule has 0 aromatic carbocycles. The molecule has 0 aliphatic carbocycles. The third-order valence-electron chi connectivity index (χ3n) is 10.2. The Morgan fingerprint density at radius 2 is 1.66 bits per heavy atom. The summed E-state index contributed by atoms with van der Waals surface area (Å²) in [4.78, 5) is 43.1. The van der Waals surface area contributed by atoms with E-state index in [2.05, 4.69) is 10.6 Å². The molecule has 2 fully saturated rings. The lowest BCUT2D eigenvalue weighted by Gasteiger charge is -2.47. The predicted octanol–water partition coefficient (Wildman–Crippen LogP) is 0.999. The Balaban J connectivity index is 2.67. The lowest BCUT2D eigenvalue weighted by atomic mass is 9.79. The largest absolute Gasteiger partial charge is 0.459 e. The highest BCUT2D eigenvalue weighted by molar-refractivity contribution is 6.00. The van der Waals surface area contributed by atoms with Gasteiger partial charge in [-0.1, -0.05) is 34.6 Å². The Morgan fingerprint density at radius 3 is 2.22 bits per heavy atom. The number of carbonyl (C=O) groups is 3. The van der Waals surface area contributed by atoms with Crippen molar-refractivity contribution in [3.05, 3.63) is 0 Å². The van der Waals surface area contributed by atoms with Crippen LogP contribution in [0.25, 0.3) is 0 Å². The maximum atomic E-state index is 14.2. The van der Waals surface area contributed by atoms with Crippen molar-refractivity contribution >= 4 is 17.7 Å². The number of esters is 1. The van der Waals surface area contributed by atoms with E-state index in [0.29, 0.717) is 18.9 Å². The van der Waals surface area contributed by atoms with Crippen LogP contribution < -0.4 is 10.6 Å². The van der Waals surface area contributed by atoms with Crippen molar-refractivity contribution in [3.8, 4) is 0 Å². The SMILES string of the molecule is CC[C@H]1OC(=O)[C@H](C)C(=O)[C@H](C)[C@@H](O[C@@H]2O[C@H](C)C[C@H](N(C)C)[C@H]2O)[C@](C)(OCC(O)CNCC(C)C)C[C@@H](C)NC(=O)[C@H](C)[C@@H](O)[C@]1(C)O. The van der Waals surface area contributed by atoms with Crippen molar-refractivity contribution < 1.29 is 53.8 Å². The number of ketones is 1. The van der Waals surface area contributed by atoms with E-state index in [1.807, 2.05) is 39.8 Å². The lowest BCUT2D eigenvalue weighted by molar-refractivity contribution is -0.298. The fourth-order valence-corrected chi connectivity index (χ4v) is 7.12. The Hall–Kier alpha value is -1.75. The number of hydrogen-bond donors (Lipinski definition) is 6. The standard InChI is InChI=1S/C36H67N3O11/c1-13-27-36(10,46)30(43)24(8)32(44)38-20(4)15-35(9,47-18-25(40)17-37-16-19(2)3)31(22(6)28(41)23(7)33(45)49-27)50-34-29(42)26(39(11)12)14-21(5)48-34/h19-27,29-31,34,37,40,42-43,46H,13-18H2,1-12H3,(H,38,44)/t20-,21-,22+,23-,24-,25?,26+,27-,29-,30-,31-,34+,35-,36-/m1/s1. The molecule has 14 nitrogen and oxygen atoms in total. The molecule has 2 rings (SSSR count). The molecule has 1 amide bonds. The third-order valence-corrected chi connectivity index (χ3v) is 10.2. The average molecular weight is 718 g/mol. The van der Waals surface area contributed by atoms with Gasteiger partial charge in [0.2, 0.25) is 5.91 Å².